The molecule has 1 aromatic rings. The molecule has 1 unspecified atom stereocenters. The highest BCUT2D eigenvalue weighted by Gasteiger charge is 2.30. The van der Waals surface area contributed by atoms with Crippen molar-refractivity contribution < 1.29 is 4.42 Å². The molecule has 0 spiro atoms. The van der Waals surface area contributed by atoms with E-state index in [0.29, 0.717) is 0 Å². The van der Waals surface area contributed by atoms with Gasteiger partial charge in [-0.2, -0.15) is 11.8 Å². The van der Waals surface area contributed by atoms with E-state index in [1.54, 1.807) is 6.26 Å². The molecule has 3 heteroatoms. The zero-order valence-corrected chi connectivity index (χ0v) is 10.8. The van der Waals surface area contributed by atoms with Crippen molar-refractivity contribution in [1.29, 1.82) is 0 Å². The van der Waals surface area contributed by atoms with Crippen LogP contribution < -0.4 is 5.32 Å². The van der Waals surface area contributed by atoms with Gasteiger partial charge in [-0.15, -0.1) is 0 Å². The second kappa shape index (κ2) is 6.36. The van der Waals surface area contributed by atoms with Gasteiger partial charge in [-0.3, -0.25) is 0 Å². The third kappa shape index (κ3) is 3.87. The Bertz CT molecular complexity index is 282. The van der Waals surface area contributed by atoms with Crippen LogP contribution >= 0.6 is 11.8 Å². The Balaban J connectivity index is 1.65. The van der Waals surface area contributed by atoms with Gasteiger partial charge in [0.2, 0.25) is 0 Å². The topological polar surface area (TPSA) is 25.2 Å². The summed E-state index contributed by atoms with van der Waals surface area (Å²) < 4.78 is 5.33. The zero-order valence-electron chi connectivity index (χ0n) is 9.95. The van der Waals surface area contributed by atoms with Gasteiger partial charge >= 0.3 is 0 Å². The molecule has 1 heterocycles. The first-order valence-electron chi connectivity index (χ1n) is 6.23. The molecular weight excluding hydrogens is 218 g/mol. The molecule has 0 saturated heterocycles. The molecule has 1 atom stereocenters. The summed E-state index contributed by atoms with van der Waals surface area (Å²) >= 11 is 1.98. The van der Waals surface area contributed by atoms with Gasteiger partial charge in [0.15, 0.2) is 0 Å². The number of hydrogen-bond donors (Lipinski definition) is 1. The van der Waals surface area contributed by atoms with Crippen LogP contribution in [-0.4, -0.2) is 18.3 Å². The van der Waals surface area contributed by atoms with Crippen molar-refractivity contribution in [2.45, 2.75) is 38.0 Å². The zero-order chi connectivity index (χ0) is 11.2. The summed E-state index contributed by atoms with van der Waals surface area (Å²) in [6.07, 6.45) is 5.82. The molecule has 1 aliphatic carbocycles. The van der Waals surface area contributed by atoms with Crippen molar-refractivity contribution in [3.8, 4) is 0 Å². The average Bonchev–Trinajstić information content (AvgIpc) is 3.01. The molecule has 0 aromatic carbocycles. The number of rotatable bonds is 8. The third-order valence-corrected chi connectivity index (χ3v) is 4.05. The Morgan fingerprint density at radius 2 is 2.44 bits per heavy atom. The fourth-order valence-electron chi connectivity index (χ4n) is 1.87. The predicted molar refractivity (Wildman–Crippen MR) is 69.7 cm³/mol. The SMILES string of the molecule is CCCNC(CSCc1ccco1)C1CC1. The van der Waals surface area contributed by atoms with Crippen LogP contribution in [0, 0.1) is 5.92 Å². The van der Waals surface area contributed by atoms with E-state index in [0.717, 1.165) is 30.0 Å². The Labute approximate surface area is 102 Å². The smallest absolute Gasteiger partial charge is 0.113 e. The van der Waals surface area contributed by atoms with Gasteiger partial charge in [-0.1, -0.05) is 6.92 Å². The number of nitrogens with one attached hydrogen (secondary N) is 1. The molecule has 0 radical (unpaired) electrons. The maximum Gasteiger partial charge on any atom is 0.113 e. The fraction of sp³-hybridized carbons (Fsp3) is 0.692. The van der Waals surface area contributed by atoms with Crippen LogP contribution in [0.5, 0.6) is 0 Å². The van der Waals surface area contributed by atoms with Gasteiger partial charge in [-0.05, 0) is 43.9 Å². The second-order valence-corrected chi connectivity index (χ2v) is 5.52. The lowest BCUT2D eigenvalue weighted by Crippen LogP contribution is -2.33. The van der Waals surface area contributed by atoms with E-state index in [-0.39, 0.29) is 0 Å². The molecule has 1 aliphatic rings. The fourth-order valence-corrected chi connectivity index (χ4v) is 3.00. The molecule has 2 nitrogen and oxygen atoms in total. The van der Waals surface area contributed by atoms with Crippen LogP contribution in [-0.2, 0) is 5.75 Å². The second-order valence-electron chi connectivity index (χ2n) is 4.49. The summed E-state index contributed by atoms with van der Waals surface area (Å²) in [5.74, 6) is 4.25. The first-order valence-corrected chi connectivity index (χ1v) is 7.39. The lowest BCUT2D eigenvalue weighted by Gasteiger charge is -2.17. The van der Waals surface area contributed by atoms with Crippen LogP contribution in [0.1, 0.15) is 31.9 Å². The van der Waals surface area contributed by atoms with Crippen molar-refractivity contribution in [3.05, 3.63) is 24.2 Å². The van der Waals surface area contributed by atoms with E-state index in [1.807, 2.05) is 17.8 Å². The van der Waals surface area contributed by atoms with Crippen molar-refractivity contribution in [3.63, 3.8) is 0 Å². The highest BCUT2D eigenvalue weighted by molar-refractivity contribution is 7.98. The van der Waals surface area contributed by atoms with Gasteiger partial charge in [0.05, 0.1) is 12.0 Å². The Morgan fingerprint density at radius 3 is 3.06 bits per heavy atom. The number of thioether (sulfide) groups is 1. The molecule has 90 valence electrons. The third-order valence-electron chi connectivity index (χ3n) is 2.97. The number of hydrogen-bond acceptors (Lipinski definition) is 3. The van der Waals surface area contributed by atoms with E-state index in [1.165, 1.54) is 25.0 Å². The predicted octanol–water partition coefficient (Wildman–Crippen LogP) is 3.29. The van der Waals surface area contributed by atoms with Crippen molar-refractivity contribution in [2.75, 3.05) is 12.3 Å². The van der Waals surface area contributed by atoms with Crippen LogP contribution in [0.3, 0.4) is 0 Å². The standard InChI is InChI=1S/C13H21NOS/c1-2-7-14-13(11-5-6-11)10-16-9-12-4-3-8-15-12/h3-4,8,11,13-14H,2,5-7,9-10H2,1H3. The molecule has 0 aliphatic heterocycles. The molecule has 1 aromatic heterocycles. The summed E-state index contributed by atoms with van der Waals surface area (Å²) in [5, 5.41) is 3.66. The van der Waals surface area contributed by atoms with Gasteiger partial charge in [0.25, 0.3) is 0 Å². The highest BCUT2D eigenvalue weighted by atomic mass is 32.2. The van der Waals surface area contributed by atoms with Crippen LogP contribution in [0.2, 0.25) is 0 Å². The van der Waals surface area contributed by atoms with E-state index < -0.39 is 0 Å². The number of furan rings is 1. The van der Waals surface area contributed by atoms with E-state index >= 15 is 0 Å². The summed E-state index contributed by atoms with van der Waals surface area (Å²) in [7, 11) is 0. The lowest BCUT2D eigenvalue weighted by molar-refractivity contribution is 0.502. The van der Waals surface area contributed by atoms with Crippen molar-refractivity contribution >= 4 is 11.8 Å². The van der Waals surface area contributed by atoms with E-state index in [4.69, 9.17) is 4.42 Å². The molecule has 1 saturated carbocycles. The monoisotopic (exact) mass is 239 g/mol. The van der Waals surface area contributed by atoms with Crippen LogP contribution in [0.25, 0.3) is 0 Å². The summed E-state index contributed by atoms with van der Waals surface area (Å²) in [4.78, 5) is 0. The lowest BCUT2D eigenvalue weighted by atomic mass is 10.2. The van der Waals surface area contributed by atoms with Crippen molar-refractivity contribution in [2.24, 2.45) is 5.92 Å². The summed E-state index contributed by atoms with van der Waals surface area (Å²) in [6, 6.07) is 4.74. The first kappa shape index (κ1) is 12.1. The molecule has 0 bridgehead atoms. The maximum absolute atomic E-state index is 5.33. The molecule has 16 heavy (non-hydrogen) atoms. The molecule has 2 rings (SSSR count). The van der Waals surface area contributed by atoms with Gasteiger partial charge in [0, 0.05) is 11.8 Å². The first-order chi connectivity index (χ1) is 7.90. The minimum Gasteiger partial charge on any atom is -0.468 e. The van der Waals surface area contributed by atoms with Gasteiger partial charge < -0.3 is 9.73 Å². The average molecular weight is 239 g/mol. The maximum atomic E-state index is 5.33. The Kier molecular flexibility index (Phi) is 4.79. The van der Waals surface area contributed by atoms with Gasteiger partial charge in [-0.25, -0.2) is 0 Å². The normalized spacial score (nSPS) is 17.6. The van der Waals surface area contributed by atoms with E-state index in [9.17, 15) is 0 Å². The Morgan fingerprint density at radius 1 is 1.56 bits per heavy atom. The van der Waals surface area contributed by atoms with Crippen LogP contribution in [0.4, 0.5) is 0 Å². The summed E-state index contributed by atoms with van der Waals surface area (Å²) in [5.41, 5.74) is 0. The molecular formula is C13H21NOS. The Hall–Kier alpha value is -0.410. The van der Waals surface area contributed by atoms with E-state index in [2.05, 4.69) is 18.3 Å². The molecule has 1 fully saturated rings. The largest absolute Gasteiger partial charge is 0.468 e. The highest BCUT2D eigenvalue weighted by Crippen LogP contribution is 2.34. The molecule has 0 amide bonds. The quantitative estimate of drug-likeness (QED) is 0.753. The van der Waals surface area contributed by atoms with Crippen molar-refractivity contribution in [1.82, 2.24) is 5.32 Å². The minimum atomic E-state index is 0.722. The summed E-state index contributed by atoms with van der Waals surface area (Å²) in [6.45, 7) is 3.38. The molecule has 1 N–H and O–H groups in total. The van der Waals surface area contributed by atoms with Crippen LogP contribution in [0.15, 0.2) is 22.8 Å². The van der Waals surface area contributed by atoms with Gasteiger partial charge in [0.1, 0.15) is 5.76 Å². The minimum absolute atomic E-state index is 0.722.